The van der Waals surface area contributed by atoms with Crippen LogP contribution >= 0.6 is 11.6 Å². The molecule has 2 N–H and O–H groups in total. The van der Waals surface area contributed by atoms with Crippen molar-refractivity contribution in [2.24, 2.45) is 0 Å². The van der Waals surface area contributed by atoms with Crippen LogP contribution in [0.1, 0.15) is 15.9 Å². The summed E-state index contributed by atoms with van der Waals surface area (Å²) in [6.45, 7) is 1.55. The SMILES string of the molecule is COc1ccc(C(=O)NCC(=O)Nc2ccc(C)cc2Cl)cc1[N+](=O)[O-]. The summed E-state index contributed by atoms with van der Waals surface area (Å²) in [5.41, 5.74) is 1.08. The summed E-state index contributed by atoms with van der Waals surface area (Å²) < 4.78 is 4.88. The first kappa shape index (κ1) is 19.2. The largest absolute Gasteiger partial charge is 0.490 e. The van der Waals surface area contributed by atoms with E-state index in [0.29, 0.717) is 10.7 Å². The molecule has 0 aromatic heterocycles. The molecule has 0 saturated carbocycles. The number of carbonyl (C=O) groups excluding carboxylic acids is 2. The van der Waals surface area contributed by atoms with E-state index in [2.05, 4.69) is 10.6 Å². The van der Waals surface area contributed by atoms with Crippen molar-refractivity contribution in [3.05, 3.63) is 62.7 Å². The lowest BCUT2D eigenvalue weighted by Gasteiger charge is -2.09. The number of hydrogen-bond acceptors (Lipinski definition) is 5. The first-order valence-electron chi connectivity index (χ1n) is 7.48. The molecular formula is C17H16ClN3O5. The predicted molar refractivity (Wildman–Crippen MR) is 96.8 cm³/mol. The Morgan fingerprint density at radius 2 is 1.96 bits per heavy atom. The van der Waals surface area contributed by atoms with Crippen LogP contribution < -0.4 is 15.4 Å². The van der Waals surface area contributed by atoms with Crippen LogP contribution in [-0.4, -0.2) is 30.4 Å². The summed E-state index contributed by atoms with van der Waals surface area (Å²) in [6.07, 6.45) is 0. The predicted octanol–water partition coefficient (Wildman–Crippen LogP) is 2.93. The number of ether oxygens (including phenoxy) is 1. The maximum Gasteiger partial charge on any atom is 0.311 e. The van der Waals surface area contributed by atoms with E-state index in [1.165, 1.54) is 19.2 Å². The van der Waals surface area contributed by atoms with Crippen LogP contribution in [-0.2, 0) is 4.79 Å². The summed E-state index contributed by atoms with van der Waals surface area (Å²) in [4.78, 5) is 34.4. The summed E-state index contributed by atoms with van der Waals surface area (Å²) in [6, 6.07) is 8.92. The van der Waals surface area contributed by atoms with Gasteiger partial charge in [-0.1, -0.05) is 17.7 Å². The van der Waals surface area contributed by atoms with Gasteiger partial charge in [0.2, 0.25) is 5.91 Å². The molecule has 136 valence electrons. The molecule has 2 amide bonds. The molecule has 9 heteroatoms. The number of nitro groups is 1. The van der Waals surface area contributed by atoms with Gasteiger partial charge in [-0.3, -0.25) is 19.7 Å². The molecule has 2 aromatic carbocycles. The highest BCUT2D eigenvalue weighted by Crippen LogP contribution is 2.27. The first-order chi connectivity index (χ1) is 12.3. The number of hydrogen-bond donors (Lipinski definition) is 2. The number of amides is 2. The lowest BCUT2D eigenvalue weighted by atomic mass is 10.1. The Morgan fingerprint density at radius 1 is 1.23 bits per heavy atom. The fraction of sp³-hybridized carbons (Fsp3) is 0.176. The van der Waals surface area contributed by atoms with Gasteiger partial charge in [0.05, 0.1) is 29.3 Å². The van der Waals surface area contributed by atoms with Crippen molar-refractivity contribution in [3.63, 3.8) is 0 Å². The second-order valence-corrected chi connectivity index (χ2v) is 5.77. The van der Waals surface area contributed by atoms with E-state index in [0.717, 1.165) is 11.6 Å². The number of anilines is 1. The Morgan fingerprint density at radius 3 is 2.58 bits per heavy atom. The maximum absolute atomic E-state index is 12.1. The summed E-state index contributed by atoms with van der Waals surface area (Å²) in [7, 11) is 1.29. The molecule has 2 rings (SSSR count). The minimum atomic E-state index is -0.651. The van der Waals surface area contributed by atoms with E-state index in [4.69, 9.17) is 16.3 Å². The van der Waals surface area contributed by atoms with Crippen LogP contribution in [0.15, 0.2) is 36.4 Å². The van der Waals surface area contributed by atoms with Crippen LogP contribution in [0.2, 0.25) is 5.02 Å². The minimum Gasteiger partial charge on any atom is -0.490 e. The molecule has 0 fully saturated rings. The van der Waals surface area contributed by atoms with Crippen molar-refractivity contribution in [1.82, 2.24) is 5.32 Å². The molecule has 0 saturated heterocycles. The lowest BCUT2D eigenvalue weighted by Crippen LogP contribution is -2.32. The van der Waals surface area contributed by atoms with Crippen molar-refractivity contribution in [1.29, 1.82) is 0 Å². The number of nitro benzene ring substituents is 1. The van der Waals surface area contributed by atoms with Gasteiger partial charge in [0, 0.05) is 11.6 Å². The number of nitrogens with one attached hydrogen (secondary N) is 2. The van der Waals surface area contributed by atoms with Crippen molar-refractivity contribution in [2.45, 2.75) is 6.92 Å². The van der Waals surface area contributed by atoms with E-state index in [9.17, 15) is 19.7 Å². The maximum atomic E-state index is 12.1. The lowest BCUT2D eigenvalue weighted by molar-refractivity contribution is -0.385. The number of carbonyl (C=O) groups is 2. The highest BCUT2D eigenvalue weighted by Gasteiger charge is 2.18. The fourth-order valence-corrected chi connectivity index (χ4v) is 2.43. The monoisotopic (exact) mass is 377 g/mol. The van der Waals surface area contributed by atoms with E-state index in [-0.39, 0.29) is 23.5 Å². The molecule has 26 heavy (non-hydrogen) atoms. The van der Waals surface area contributed by atoms with Crippen molar-refractivity contribution < 1.29 is 19.2 Å². The average molecular weight is 378 g/mol. The smallest absolute Gasteiger partial charge is 0.311 e. The third kappa shape index (κ3) is 4.70. The number of aryl methyl sites for hydroxylation is 1. The molecular weight excluding hydrogens is 362 g/mol. The quantitative estimate of drug-likeness (QED) is 0.594. The Balaban J connectivity index is 2.00. The molecule has 2 aromatic rings. The van der Waals surface area contributed by atoms with Gasteiger partial charge in [-0.05, 0) is 36.8 Å². The molecule has 0 unspecified atom stereocenters. The average Bonchev–Trinajstić information content (AvgIpc) is 2.61. The summed E-state index contributed by atoms with van der Waals surface area (Å²) in [5.74, 6) is -1.06. The van der Waals surface area contributed by atoms with Crippen molar-refractivity contribution >= 4 is 34.8 Å². The van der Waals surface area contributed by atoms with E-state index < -0.39 is 16.7 Å². The zero-order chi connectivity index (χ0) is 19.3. The van der Waals surface area contributed by atoms with Gasteiger partial charge in [-0.2, -0.15) is 0 Å². The highest BCUT2D eigenvalue weighted by atomic mass is 35.5. The zero-order valence-electron chi connectivity index (χ0n) is 14.0. The molecule has 0 aliphatic heterocycles. The Kier molecular flexibility index (Phi) is 6.13. The number of nitrogens with zero attached hydrogens (tertiary/aromatic N) is 1. The Labute approximate surface area is 154 Å². The van der Waals surface area contributed by atoms with Crippen LogP contribution in [0, 0.1) is 17.0 Å². The van der Waals surface area contributed by atoms with E-state index >= 15 is 0 Å². The van der Waals surface area contributed by atoms with Crippen LogP contribution in [0.4, 0.5) is 11.4 Å². The second kappa shape index (κ2) is 8.30. The Bertz CT molecular complexity index is 869. The molecule has 0 heterocycles. The number of methoxy groups -OCH3 is 1. The standard InChI is InChI=1S/C17H16ClN3O5/c1-10-3-5-13(12(18)7-10)20-16(22)9-19-17(23)11-4-6-15(26-2)14(8-11)21(24)25/h3-8H,9H2,1-2H3,(H,19,23)(H,20,22). The van der Waals surface area contributed by atoms with Crippen LogP contribution in [0.25, 0.3) is 0 Å². The molecule has 8 nitrogen and oxygen atoms in total. The van der Waals surface area contributed by atoms with Gasteiger partial charge in [0.15, 0.2) is 5.75 Å². The number of benzene rings is 2. The topological polar surface area (TPSA) is 111 Å². The third-order valence-corrected chi connectivity index (χ3v) is 3.76. The molecule has 0 radical (unpaired) electrons. The van der Waals surface area contributed by atoms with Gasteiger partial charge in [0.1, 0.15) is 0 Å². The van der Waals surface area contributed by atoms with E-state index in [1.54, 1.807) is 18.2 Å². The van der Waals surface area contributed by atoms with Gasteiger partial charge < -0.3 is 15.4 Å². The fourth-order valence-electron chi connectivity index (χ4n) is 2.15. The number of rotatable bonds is 6. The third-order valence-electron chi connectivity index (χ3n) is 3.45. The molecule has 0 bridgehead atoms. The van der Waals surface area contributed by atoms with Crippen molar-refractivity contribution in [3.8, 4) is 5.75 Å². The van der Waals surface area contributed by atoms with Crippen LogP contribution in [0.5, 0.6) is 5.75 Å². The van der Waals surface area contributed by atoms with Gasteiger partial charge in [-0.15, -0.1) is 0 Å². The van der Waals surface area contributed by atoms with Gasteiger partial charge in [-0.25, -0.2) is 0 Å². The van der Waals surface area contributed by atoms with Crippen molar-refractivity contribution in [2.75, 3.05) is 19.0 Å². The van der Waals surface area contributed by atoms with Crippen LogP contribution in [0.3, 0.4) is 0 Å². The highest BCUT2D eigenvalue weighted by molar-refractivity contribution is 6.33. The first-order valence-corrected chi connectivity index (χ1v) is 7.86. The molecule has 0 aliphatic carbocycles. The molecule has 0 aliphatic rings. The van der Waals surface area contributed by atoms with Gasteiger partial charge >= 0.3 is 5.69 Å². The minimum absolute atomic E-state index is 0.0401. The normalized spacial score (nSPS) is 10.1. The molecule has 0 spiro atoms. The van der Waals surface area contributed by atoms with E-state index in [1.807, 2.05) is 6.92 Å². The zero-order valence-corrected chi connectivity index (χ0v) is 14.8. The van der Waals surface area contributed by atoms with Gasteiger partial charge in [0.25, 0.3) is 5.91 Å². The summed E-state index contributed by atoms with van der Waals surface area (Å²) in [5, 5.41) is 16.4. The summed E-state index contributed by atoms with van der Waals surface area (Å²) >= 11 is 6.03. The molecule has 0 atom stereocenters. The second-order valence-electron chi connectivity index (χ2n) is 5.36. The Hall–Kier alpha value is -3.13. The number of halogens is 1.